The van der Waals surface area contributed by atoms with Gasteiger partial charge in [-0.25, -0.2) is 4.63 Å². The lowest BCUT2D eigenvalue weighted by molar-refractivity contribution is 0.0909. The Morgan fingerprint density at radius 3 is 3.05 bits per heavy atom. The molecule has 8 heteroatoms. The number of carbonyl (C=O) groups excluding carboxylic acids is 1. The molecule has 0 saturated heterocycles. The molecule has 0 aromatic carbocycles. The van der Waals surface area contributed by atoms with Crippen molar-refractivity contribution >= 4 is 11.7 Å². The van der Waals surface area contributed by atoms with Gasteiger partial charge in [0.1, 0.15) is 12.4 Å². The standard InChI is InChI=1S/C11H14N4O4/c12-10-9(14-19-15-10)11(16)13-4-2-5-17-7-8-3-1-6-18-8/h1,3,6H,2,4-5,7H2,(H2,12,15)(H,13,16). The van der Waals surface area contributed by atoms with E-state index in [-0.39, 0.29) is 11.5 Å². The van der Waals surface area contributed by atoms with Crippen LogP contribution in [0.2, 0.25) is 0 Å². The SMILES string of the molecule is Nc1nonc1C(=O)NCCCOCc1ccco1. The topological polar surface area (TPSA) is 116 Å². The number of nitrogen functional groups attached to an aromatic ring is 1. The van der Waals surface area contributed by atoms with Crippen molar-refractivity contribution in [2.75, 3.05) is 18.9 Å². The summed E-state index contributed by atoms with van der Waals surface area (Å²) < 4.78 is 14.8. The van der Waals surface area contributed by atoms with Crippen molar-refractivity contribution < 1.29 is 18.6 Å². The molecule has 2 heterocycles. The summed E-state index contributed by atoms with van der Waals surface area (Å²) in [7, 11) is 0. The Kier molecular flexibility index (Phi) is 4.51. The molecule has 0 fully saturated rings. The monoisotopic (exact) mass is 266 g/mol. The van der Waals surface area contributed by atoms with Crippen molar-refractivity contribution in [3.05, 3.63) is 29.9 Å². The molecule has 2 rings (SSSR count). The normalized spacial score (nSPS) is 10.5. The van der Waals surface area contributed by atoms with Crippen molar-refractivity contribution in [1.82, 2.24) is 15.6 Å². The average molecular weight is 266 g/mol. The molecule has 2 aromatic heterocycles. The molecule has 1 amide bonds. The van der Waals surface area contributed by atoms with E-state index in [1.807, 2.05) is 6.07 Å². The first kappa shape index (κ1) is 13.1. The van der Waals surface area contributed by atoms with Gasteiger partial charge in [0.2, 0.25) is 11.5 Å². The molecule has 0 aliphatic rings. The van der Waals surface area contributed by atoms with Gasteiger partial charge in [-0.05, 0) is 28.9 Å². The number of amides is 1. The Balaban J connectivity index is 1.57. The maximum atomic E-state index is 11.5. The maximum absolute atomic E-state index is 11.5. The molecule has 0 unspecified atom stereocenters. The van der Waals surface area contributed by atoms with E-state index < -0.39 is 5.91 Å². The van der Waals surface area contributed by atoms with Crippen LogP contribution in [0.15, 0.2) is 27.4 Å². The van der Waals surface area contributed by atoms with Crippen molar-refractivity contribution in [3.8, 4) is 0 Å². The summed E-state index contributed by atoms with van der Waals surface area (Å²) in [5.41, 5.74) is 5.38. The Labute approximate surface area is 108 Å². The largest absolute Gasteiger partial charge is 0.467 e. The van der Waals surface area contributed by atoms with Gasteiger partial charge in [0.25, 0.3) is 5.91 Å². The zero-order chi connectivity index (χ0) is 13.5. The summed E-state index contributed by atoms with van der Waals surface area (Å²) in [6, 6.07) is 3.64. The number of ether oxygens (including phenoxy) is 1. The molecule has 19 heavy (non-hydrogen) atoms. The predicted octanol–water partition coefficient (Wildman–Crippen LogP) is 0.581. The van der Waals surface area contributed by atoms with Crippen LogP contribution in [0.1, 0.15) is 22.7 Å². The average Bonchev–Trinajstić information content (AvgIpc) is 3.04. The van der Waals surface area contributed by atoms with E-state index in [1.165, 1.54) is 0 Å². The molecule has 3 N–H and O–H groups in total. The lowest BCUT2D eigenvalue weighted by atomic mass is 10.4. The third kappa shape index (κ3) is 3.81. The summed E-state index contributed by atoms with van der Waals surface area (Å²) in [5, 5.41) is 9.35. The molecule has 0 saturated carbocycles. The number of nitrogens with zero attached hydrogens (tertiary/aromatic N) is 2. The minimum Gasteiger partial charge on any atom is -0.467 e. The van der Waals surface area contributed by atoms with Crippen LogP contribution in [-0.4, -0.2) is 29.4 Å². The van der Waals surface area contributed by atoms with Crippen LogP contribution in [0, 0.1) is 0 Å². The van der Waals surface area contributed by atoms with E-state index in [4.69, 9.17) is 14.9 Å². The molecular formula is C11H14N4O4. The van der Waals surface area contributed by atoms with Gasteiger partial charge in [-0.2, -0.15) is 0 Å². The van der Waals surface area contributed by atoms with Crippen LogP contribution in [0.4, 0.5) is 5.82 Å². The number of anilines is 1. The summed E-state index contributed by atoms with van der Waals surface area (Å²) in [4.78, 5) is 11.5. The van der Waals surface area contributed by atoms with Gasteiger partial charge in [0, 0.05) is 13.2 Å². The molecule has 0 atom stereocenters. The number of hydrogen-bond acceptors (Lipinski definition) is 7. The lowest BCUT2D eigenvalue weighted by Gasteiger charge is -2.03. The zero-order valence-electron chi connectivity index (χ0n) is 10.2. The third-order valence-corrected chi connectivity index (χ3v) is 2.30. The summed E-state index contributed by atoms with van der Waals surface area (Å²) in [5.74, 6) is 0.335. The number of carbonyl (C=O) groups is 1. The van der Waals surface area contributed by atoms with Crippen LogP contribution in [0.5, 0.6) is 0 Å². The predicted molar refractivity (Wildman–Crippen MR) is 64.0 cm³/mol. The van der Waals surface area contributed by atoms with Gasteiger partial charge in [-0.15, -0.1) is 0 Å². The quantitative estimate of drug-likeness (QED) is 0.704. The fourth-order valence-corrected chi connectivity index (χ4v) is 1.38. The van der Waals surface area contributed by atoms with Gasteiger partial charge in [0.15, 0.2) is 0 Å². The first-order valence-electron chi connectivity index (χ1n) is 5.73. The molecule has 0 spiro atoms. The van der Waals surface area contributed by atoms with Crippen molar-refractivity contribution in [2.24, 2.45) is 0 Å². The minimum absolute atomic E-state index is 0.00324. The van der Waals surface area contributed by atoms with Crippen molar-refractivity contribution in [1.29, 1.82) is 0 Å². The molecule has 0 bridgehead atoms. The minimum atomic E-state index is -0.412. The second-order valence-electron chi connectivity index (χ2n) is 3.74. The highest BCUT2D eigenvalue weighted by Crippen LogP contribution is 2.03. The highest BCUT2D eigenvalue weighted by atomic mass is 16.6. The summed E-state index contributed by atoms with van der Waals surface area (Å²) in [6.07, 6.45) is 2.26. The first-order valence-corrected chi connectivity index (χ1v) is 5.73. The fraction of sp³-hybridized carbons (Fsp3) is 0.364. The van der Waals surface area contributed by atoms with E-state index in [2.05, 4.69) is 20.3 Å². The molecule has 0 radical (unpaired) electrons. The molecule has 0 aliphatic heterocycles. The van der Waals surface area contributed by atoms with Crippen molar-refractivity contribution in [3.63, 3.8) is 0 Å². The van der Waals surface area contributed by atoms with Gasteiger partial charge in [-0.3, -0.25) is 4.79 Å². The molecule has 2 aromatic rings. The van der Waals surface area contributed by atoms with Gasteiger partial charge in [0.05, 0.1) is 6.26 Å². The smallest absolute Gasteiger partial charge is 0.277 e. The number of aromatic nitrogens is 2. The van der Waals surface area contributed by atoms with E-state index in [0.717, 1.165) is 5.76 Å². The second kappa shape index (κ2) is 6.55. The first-order chi connectivity index (χ1) is 9.27. The van der Waals surface area contributed by atoms with Crippen LogP contribution in [0.3, 0.4) is 0 Å². The highest BCUT2D eigenvalue weighted by Gasteiger charge is 2.14. The summed E-state index contributed by atoms with van der Waals surface area (Å²) >= 11 is 0. The fourth-order valence-electron chi connectivity index (χ4n) is 1.38. The second-order valence-corrected chi connectivity index (χ2v) is 3.74. The number of nitrogens with one attached hydrogen (secondary N) is 1. The highest BCUT2D eigenvalue weighted by molar-refractivity contribution is 5.95. The lowest BCUT2D eigenvalue weighted by Crippen LogP contribution is -2.26. The van der Waals surface area contributed by atoms with Crippen LogP contribution < -0.4 is 11.1 Å². The van der Waals surface area contributed by atoms with Gasteiger partial charge in [-0.1, -0.05) is 0 Å². The summed E-state index contributed by atoms with van der Waals surface area (Å²) in [6.45, 7) is 1.37. The van der Waals surface area contributed by atoms with Gasteiger partial charge >= 0.3 is 0 Å². The molecule has 0 aliphatic carbocycles. The Morgan fingerprint density at radius 2 is 2.37 bits per heavy atom. The maximum Gasteiger partial charge on any atom is 0.277 e. The van der Waals surface area contributed by atoms with Crippen LogP contribution in [-0.2, 0) is 11.3 Å². The number of hydrogen-bond donors (Lipinski definition) is 2. The molecular weight excluding hydrogens is 252 g/mol. The van der Waals surface area contributed by atoms with E-state index >= 15 is 0 Å². The zero-order valence-corrected chi connectivity index (χ0v) is 10.2. The molecule has 102 valence electrons. The van der Waals surface area contributed by atoms with Crippen LogP contribution >= 0.6 is 0 Å². The van der Waals surface area contributed by atoms with Gasteiger partial charge < -0.3 is 20.2 Å². The third-order valence-electron chi connectivity index (χ3n) is 2.30. The number of furan rings is 1. The van der Waals surface area contributed by atoms with E-state index in [9.17, 15) is 4.79 Å². The van der Waals surface area contributed by atoms with Crippen molar-refractivity contribution in [2.45, 2.75) is 13.0 Å². The number of nitrogens with two attached hydrogens (primary N) is 1. The van der Waals surface area contributed by atoms with Crippen LogP contribution in [0.25, 0.3) is 0 Å². The Hall–Kier alpha value is -2.35. The number of rotatable bonds is 7. The Morgan fingerprint density at radius 1 is 1.47 bits per heavy atom. The Bertz CT molecular complexity index is 509. The van der Waals surface area contributed by atoms with E-state index in [0.29, 0.717) is 26.2 Å². The van der Waals surface area contributed by atoms with E-state index in [1.54, 1.807) is 12.3 Å². The molecule has 8 nitrogen and oxygen atoms in total.